The van der Waals surface area contributed by atoms with Gasteiger partial charge in [-0.15, -0.1) is 11.8 Å². The minimum Gasteiger partial charge on any atom is -0.462 e. The van der Waals surface area contributed by atoms with Crippen LogP contribution in [0.1, 0.15) is 72.1 Å². The van der Waals surface area contributed by atoms with Gasteiger partial charge in [0.25, 0.3) is 0 Å². The smallest absolute Gasteiger partial charge is 0.309 e. The molecule has 224 valence electrons. The number of esters is 3. The topological polar surface area (TPSA) is 105 Å². The minimum absolute atomic E-state index is 0.0899. The third-order valence-corrected chi connectivity index (χ3v) is 7.57. The fraction of sp³-hybridized carbons (Fsp3) is 0.600. The number of hydrogen-bond donors (Lipinski definition) is 0. The zero-order valence-electron chi connectivity index (χ0n) is 24.0. The summed E-state index contributed by atoms with van der Waals surface area (Å²) in [7, 11) is 1.54. The Morgan fingerprint density at radius 1 is 0.825 bits per heavy atom. The van der Waals surface area contributed by atoms with E-state index in [-0.39, 0.29) is 37.6 Å². The number of benzene rings is 1. The second-order valence-corrected chi connectivity index (χ2v) is 11.2. The lowest BCUT2D eigenvalue weighted by atomic mass is 10.1. The van der Waals surface area contributed by atoms with Crippen LogP contribution in [0.2, 0.25) is 0 Å². The number of carbonyl (C=O) groups is 4. The lowest BCUT2D eigenvalue weighted by molar-refractivity contribution is -0.161. The van der Waals surface area contributed by atoms with Crippen molar-refractivity contribution in [1.82, 2.24) is 0 Å². The molecule has 1 aromatic rings. The van der Waals surface area contributed by atoms with Gasteiger partial charge in [-0.25, -0.2) is 0 Å². The number of ether oxygens (including phenoxy) is 4. The zero-order valence-corrected chi connectivity index (χ0v) is 26.4. The predicted molar refractivity (Wildman–Crippen MR) is 160 cm³/mol. The van der Waals surface area contributed by atoms with Gasteiger partial charge in [0, 0.05) is 35.9 Å². The molecular weight excluding hydrogens is 600 g/mol. The van der Waals surface area contributed by atoms with Gasteiger partial charge in [0.05, 0.1) is 25.4 Å². The molecule has 0 aliphatic heterocycles. The molecule has 1 rings (SSSR count). The zero-order chi connectivity index (χ0) is 29.8. The van der Waals surface area contributed by atoms with Crippen molar-refractivity contribution >= 4 is 51.4 Å². The maximum absolute atomic E-state index is 13.0. The summed E-state index contributed by atoms with van der Waals surface area (Å²) in [6.07, 6.45) is 3.71. The Morgan fingerprint density at radius 3 is 1.95 bits per heavy atom. The molecule has 0 saturated carbocycles. The molecule has 8 nitrogen and oxygen atoms in total. The molecule has 0 heterocycles. The Bertz CT molecular complexity index is 920. The molecule has 0 aromatic heterocycles. The van der Waals surface area contributed by atoms with Crippen molar-refractivity contribution < 1.29 is 38.1 Å². The van der Waals surface area contributed by atoms with E-state index in [1.807, 2.05) is 56.3 Å². The van der Waals surface area contributed by atoms with Crippen molar-refractivity contribution in [3.8, 4) is 0 Å². The van der Waals surface area contributed by atoms with Crippen molar-refractivity contribution in [3.05, 3.63) is 42.5 Å². The Morgan fingerprint density at radius 2 is 1.40 bits per heavy atom. The van der Waals surface area contributed by atoms with E-state index in [1.165, 1.54) is 6.92 Å². The molecule has 40 heavy (non-hydrogen) atoms. The average Bonchev–Trinajstić information content (AvgIpc) is 2.91. The molecule has 0 bridgehead atoms. The summed E-state index contributed by atoms with van der Waals surface area (Å²) in [5, 5.41) is 0.326. The standard InChI is InChI=1S/C30H43BrO8S/c1-5-7-9-12-24(37-28(33)18-23(6-2)36-4)19-29(34)38-25(15-16-40-27-13-10-8-11-14-27)20-30(35)39-26(21-31)17-22(3)32/h7-11,13-14,23-26H,5-6,12,15-21H2,1-4H3. The highest BCUT2D eigenvalue weighted by atomic mass is 79.9. The summed E-state index contributed by atoms with van der Waals surface area (Å²) in [5.41, 5.74) is 0. The number of hydrogen-bond acceptors (Lipinski definition) is 9. The average molecular weight is 644 g/mol. The van der Waals surface area contributed by atoms with Crippen molar-refractivity contribution in [2.75, 3.05) is 18.2 Å². The largest absolute Gasteiger partial charge is 0.462 e. The summed E-state index contributed by atoms with van der Waals surface area (Å²) < 4.78 is 22.1. The van der Waals surface area contributed by atoms with Gasteiger partial charge < -0.3 is 18.9 Å². The number of alkyl halides is 1. The lowest BCUT2D eigenvalue weighted by Gasteiger charge is -2.22. The second kappa shape index (κ2) is 21.6. The van der Waals surface area contributed by atoms with Crippen LogP contribution in [0, 0.1) is 0 Å². The van der Waals surface area contributed by atoms with Crippen LogP contribution in [0.3, 0.4) is 0 Å². The molecule has 4 unspecified atom stereocenters. The third-order valence-electron chi connectivity index (χ3n) is 5.81. The van der Waals surface area contributed by atoms with E-state index in [1.54, 1.807) is 18.9 Å². The SMILES string of the molecule is CCC=CCC(CC(=O)OC(CCSc1ccccc1)CC(=O)OC(CBr)CC(C)=O)OC(=O)CC(CC)OC. The number of methoxy groups -OCH3 is 1. The molecule has 10 heteroatoms. The first-order valence-corrected chi connectivity index (χ1v) is 15.8. The van der Waals surface area contributed by atoms with E-state index in [2.05, 4.69) is 15.9 Å². The van der Waals surface area contributed by atoms with Gasteiger partial charge in [0.1, 0.15) is 24.1 Å². The molecule has 0 aliphatic carbocycles. The number of Topliss-reactive ketones (excluding diaryl/α,β-unsaturated/α-hetero) is 1. The first-order valence-electron chi connectivity index (χ1n) is 13.7. The van der Waals surface area contributed by atoms with Gasteiger partial charge >= 0.3 is 17.9 Å². The van der Waals surface area contributed by atoms with E-state index < -0.39 is 36.2 Å². The monoisotopic (exact) mass is 642 g/mol. The summed E-state index contributed by atoms with van der Waals surface area (Å²) in [6.45, 7) is 5.34. The van der Waals surface area contributed by atoms with Crippen LogP contribution in [-0.2, 0) is 38.1 Å². The van der Waals surface area contributed by atoms with Crippen molar-refractivity contribution in [1.29, 1.82) is 0 Å². The number of thioether (sulfide) groups is 1. The molecule has 4 atom stereocenters. The van der Waals surface area contributed by atoms with Gasteiger partial charge in [0.15, 0.2) is 0 Å². The van der Waals surface area contributed by atoms with Gasteiger partial charge in [-0.2, -0.15) is 0 Å². The third kappa shape index (κ3) is 16.8. The first-order chi connectivity index (χ1) is 19.2. The Labute approximate surface area is 251 Å². The van der Waals surface area contributed by atoms with Crippen LogP contribution in [-0.4, -0.2) is 66.3 Å². The lowest BCUT2D eigenvalue weighted by Crippen LogP contribution is -2.30. The maximum Gasteiger partial charge on any atom is 0.309 e. The van der Waals surface area contributed by atoms with E-state index in [0.29, 0.717) is 30.3 Å². The molecule has 0 fully saturated rings. The molecule has 0 saturated heterocycles. The van der Waals surface area contributed by atoms with Crippen molar-refractivity contribution in [3.63, 3.8) is 0 Å². The van der Waals surface area contributed by atoms with Crippen LogP contribution in [0.4, 0.5) is 0 Å². The molecular formula is C30H43BrO8S. The van der Waals surface area contributed by atoms with Crippen molar-refractivity contribution in [2.24, 2.45) is 0 Å². The van der Waals surface area contributed by atoms with Crippen LogP contribution in [0.15, 0.2) is 47.4 Å². The molecule has 0 spiro atoms. The number of allylic oxidation sites excluding steroid dienone is 1. The fourth-order valence-electron chi connectivity index (χ4n) is 3.72. The van der Waals surface area contributed by atoms with Gasteiger partial charge in [-0.05, 0) is 38.3 Å². The van der Waals surface area contributed by atoms with Crippen LogP contribution in [0.25, 0.3) is 0 Å². The first kappa shape index (κ1) is 35.9. The van der Waals surface area contributed by atoms with E-state index >= 15 is 0 Å². The van der Waals surface area contributed by atoms with E-state index in [9.17, 15) is 19.2 Å². The quantitative estimate of drug-likeness (QED) is 0.0507. The van der Waals surface area contributed by atoms with Crippen molar-refractivity contribution in [2.45, 2.75) is 101 Å². The van der Waals surface area contributed by atoms with Gasteiger partial charge in [-0.3, -0.25) is 19.2 Å². The second-order valence-electron chi connectivity index (χ2n) is 9.34. The molecule has 1 aromatic carbocycles. The normalized spacial score (nSPS) is 14.2. The molecule has 0 radical (unpaired) electrons. The molecule has 0 aliphatic rings. The number of carbonyl (C=O) groups excluding carboxylic acids is 4. The highest BCUT2D eigenvalue weighted by molar-refractivity contribution is 9.09. The summed E-state index contributed by atoms with van der Waals surface area (Å²) in [6, 6.07) is 9.78. The van der Waals surface area contributed by atoms with Crippen LogP contribution >= 0.6 is 27.7 Å². The Hall–Kier alpha value is -2.17. The number of rotatable bonds is 21. The van der Waals surface area contributed by atoms with Gasteiger partial charge in [0.2, 0.25) is 0 Å². The molecule has 0 N–H and O–H groups in total. The van der Waals surface area contributed by atoms with Crippen LogP contribution in [0.5, 0.6) is 0 Å². The number of halogens is 1. The Kier molecular flexibility index (Phi) is 19.3. The van der Waals surface area contributed by atoms with Gasteiger partial charge in [-0.1, -0.05) is 60.1 Å². The maximum atomic E-state index is 13.0. The molecule has 0 amide bonds. The van der Waals surface area contributed by atoms with E-state index in [0.717, 1.165) is 11.3 Å². The minimum atomic E-state index is -0.731. The highest BCUT2D eigenvalue weighted by Gasteiger charge is 2.25. The number of ketones is 1. The summed E-state index contributed by atoms with van der Waals surface area (Å²) >= 11 is 4.86. The fourth-order valence-corrected chi connectivity index (χ4v) is 5.04. The Balaban J connectivity index is 2.87. The van der Waals surface area contributed by atoms with Crippen LogP contribution < -0.4 is 0 Å². The summed E-state index contributed by atoms with van der Waals surface area (Å²) in [4.78, 5) is 50.7. The predicted octanol–water partition coefficient (Wildman–Crippen LogP) is 6.23. The summed E-state index contributed by atoms with van der Waals surface area (Å²) in [5.74, 6) is -1.04. The van der Waals surface area contributed by atoms with E-state index in [4.69, 9.17) is 18.9 Å². The highest BCUT2D eigenvalue weighted by Crippen LogP contribution is 2.21.